The number of anilines is 1. The SMILES string of the molecule is CCNCCOc1cc(/C2=N/N(C)CCCO/C(N)=C(/C=N)c3nccc(n3)NC3=NCC2C=C3)ccc1Cl. The highest BCUT2D eigenvalue weighted by molar-refractivity contribution is 6.32. The first-order valence-corrected chi connectivity index (χ1v) is 13.3. The summed E-state index contributed by atoms with van der Waals surface area (Å²) in [5, 5.41) is 21.7. The largest absolute Gasteiger partial charge is 0.491 e. The Morgan fingerprint density at radius 1 is 1.36 bits per heavy atom. The Morgan fingerprint density at radius 3 is 3.00 bits per heavy atom. The van der Waals surface area contributed by atoms with Gasteiger partial charge in [0, 0.05) is 50.5 Å². The second-order valence-corrected chi connectivity index (χ2v) is 9.33. The molecule has 1 aromatic carbocycles. The summed E-state index contributed by atoms with van der Waals surface area (Å²) >= 11 is 6.44. The third kappa shape index (κ3) is 7.55. The van der Waals surface area contributed by atoms with Crippen molar-refractivity contribution in [2.45, 2.75) is 13.3 Å². The fourth-order valence-corrected chi connectivity index (χ4v) is 4.20. The van der Waals surface area contributed by atoms with E-state index in [0.717, 1.165) is 30.6 Å². The number of ether oxygens (including phenoxy) is 2. The van der Waals surface area contributed by atoms with Crippen LogP contribution in [0.1, 0.15) is 24.7 Å². The van der Waals surface area contributed by atoms with Crippen LogP contribution in [0, 0.1) is 11.3 Å². The molecule has 5 N–H and O–H groups in total. The Balaban J connectivity index is 1.64. The highest BCUT2D eigenvalue weighted by atomic mass is 35.5. The molecule has 1 aromatic heterocycles. The van der Waals surface area contributed by atoms with Gasteiger partial charge in [-0.2, -0.15) is 5.10 Å². The fraction of sp³-hybridized carbons (Fsp3) is 0.370. The molecule has 2 aromatic rings. The maximum Gasteiger partial charge on any atom is 0.196 e. The van der Waals surface area contributed by atoms with Gasteiger partial charge < -0.3 is 31.3 Å². The van der Waals surface area contributed by atoms with Crippen molar-refractivity contribution in [1.29, 1.82) is 5.41 Å². The number of hydrogen-bond donors (Lipinski definition) is 4. The molecule has 3 aliphatic heterocycles. The molecule has 0 fully saturated rings. The van der Waals surface area contributed by atoms with E-state index in [4.69, 9.17) is 42.3 Å². The molecule has 206 valence electrons. The Labute approximate surface area is 233 Å². The number of hydrogen-bond acceptors (Lipinski definition) is 11. The molecular formula is C27H34ClN9O2. The van der Waals surface area contributed by atoms with E-state index in [0.29, 0.717) is 66.5 Å². The molecule has 0 spiro atoms. The molecule has 0 aliphatic carbocycles. The zero-order valence-electron chi connectivity index (χ0n) is 22.2. The van der Waals surface area contributed by atoms with Crippen LogP contribution in [0.15, 0.2) is 58.6 Å². The van der Waals surface area contributed by atoms with Gasteiger partial charge in [0.2, 0.25) is 0 Å². The number of aliphatic imine (C=N–C) groups is 1. The Bertz CT molecular complexity index is 1290. The summed E-state index contributed by atoms with van der Waals surface area (Å²) in [4.78, 5) is 13.5. The molecule has 1 unspecified atom stereocenters. The molecule has 1 atom stereocenters. The summed E-state index contributed by atoms with van der Waals surface area (Å²) < 4.78 is 11.7. The third-order valence-corrected chi connectivity index (χ3v) is 6.35. The summed E-state index contributed by atoms with van der Waals surface area (Å²) in [6.07, 6.45) is 7.34. The van der Waals surface area contributed by atoms with Gasteiger partial charge in [0.25, 0.3) is 0 Å². The fourth-order valence-electron chi connectivity index (χ4n) is 4.03. The van der Waals surface area contributed by atoms with Gasteiger partial charge in [0.1, 0.15) is 24.0 Å². The smallest absolute Gasteiger partial charge is 0.196 e. The predicted octanol–water partition coefficient (Wildman–Crippen LogP) is 3.15. The third-order valence-electron chi connectivity index (χ3n) is 6.03. The Kier molecular flexibility index (Phi) is 9.87. The number of nitrogens with one attached hydrogen (secondary N) is 3. The monoisotopic (exact) mass is 551 g/mol. The number of allylic oxidation sites excluding steroid dienone is 1. The maximum absolute atomic E-state index is 7.80. The standard InChI is InChI=1S/C27H34ClN9O2/c1-3-31-11-14-38-22-15-18(5-7-21(22)28)25-19-6-8-23(33-17-19)34-24-9-10-32-27(35-24)20(16-29)26(30)39-13-4-12-37(2)36-25/h5-10,15-16,19,29,31H,3-4,11-14,17,30H2,1-2H3,(H,32,33,34,35)/b26-20-,29-16?,36-25-. The quantitative estimate of drug-likeness (QED) is 0.303. The Hall–Kier alpha value is -3.96. The second-order valence-electron chi connectivity index (χ2n) is 8.92. The van der Waals surface area contributed by atoms with E-state index in [1.807, 2.05) is 36.3 Å². The zero-order valence-corrected chi connectivity index (χ0v) is 22.9. The van der Waals surface area contributed by atoms with Crippen molar-refractivity contribution in [2.75, 3.05) is 51.8 Å². The van der Waals surface area contributed by atoms with Gasteiger partial charge in [0.15, 0.2) is 11.7 Å². The number of nitrogens with two attached hydrogens (primary N) is 1. The predicted molar refractivity (Wildman–Crippen MR) is 156 cm³/mol. The summed E-state index contributed by atoms with van der Waals surface area (Å²) in [5.74, 6) is 2.13. The van der Waals surface area contributed by atoms with Crippen molar-refractivity contribution in [3.8, 4) is 5.75 Å². The minimum Gasteiger partial charge on any atom is -0.491 e. The highest BCUT2D eigenvalue weighted by Gasteiger charge is 2.21. The van der Waals surface area contributed by atoms with E-state index >= 15 is 0 Å². The minimum atomic E-state index is -0.0662. The lowest BCUT2D eigenvalue weighted by Gasteiger charge is -2.22. The summed E-state index contributed by atoms with van der Waals surface area (Å²) in [5.41, 5.74) is 8.20. The van der Waals surface area contributed by atoms with Gasteiger partial charge in [-0.25, -0.2) is 9.97 Å². The first-order chi connectivity index (χ1) is 19.0. The van der Waals surface area contributed by atoms with Crippen molar-refractivity contribution >= 4 is 40.8 Å². The Morgan fingerprint density at radius 2 is 2.23 bits per heavy atom. The molecule has 4 heterocycles. The van der Waals surface area contributed by atoms with Gasteiger partial charge in [0.05, 0.1) is 29.5 Å². The van der Waals surface area contributed by atoms with Crippen molar-refractivity contribution in [3.05, 3.63) is 64.9 Å². The van der Waals surface area contributed by atoms with Crippen LogP contribution in [0.2, 0.25) is 5.02 Å². The van der Waals surface area contributed by atoms with E-state index in [1.165, 1.54) is 0 Å². The van der Waals surface area contributed by atoms with Crippen LogP contribution in [-0.2, 0) is 4.74 Å². The molecular weight excluding hydrogens is 518 g/mol. The molecule has 5 rings (SSSR count). The van der Waals surface area contributed by atoms with Crippen LogP contribution in [-0.4, -0.2) is 79.2 Å². The van der Waals surface area contributed by atoms with Gasteiger partial charge >= 0.3 is 0 Å². The number of amidine groups is 1. The number of likely N-dealkylation sites (N-methyl/N-ethyl adjacent to an activating group) is 1. The average molecular weight is 552 g/mol. The lowest BCUT2D eigenvalue weighted by Crippen LogP contribution is -2.27. The number of benzene rings is 1. The van der Waals surface area contributed by atoms with Crippen LogP contribution in [0.3, 0.4) is 0 Å². The van der Waals surface area contributed by atoms with Crippen molar-refractivity contribution in [1.82, 2.24) is 20.3 Å². The average Bonchev–Trinajstić information content (AvgIpc) is 2.94. The van der Waals surface area contributed by atoms with E-state index in [1.54, 1.807) is 12.3 Å². The molecule has 0 saturated heterocycles. The lowest BCUT2D eigenvalue weighted by atomic mass is 9.94. The molecule has 0 radical (unpaired) electrons. The summed E-state index contributed by atoms with van der Waals surface area (Å²) in [6, 6.07) is 7.45. The first-order valence-electron chi connectivity index (χ1n) is 12.9. The van der Waals surface area contributed by atoms with E-state index < -0.39 is 0 Å². The van der Waals surface area contributed by atoms with Crippen LogP contribution in [0.25, 0.3) is 5.57 Å². The number of halogens is 1. The first kappa shape index (κ1) is 28.1. The van der Waals surface area contributed by atoms with Crippen LogP contribution in [0.5, 0.6) is 5.75 Å². The molecule has 39 heavy (non-hydrogen) atoms. The van der Waals surface area contributed by atoms with E-state index in [9.17, 15) is 0 Å². The number of nitrogens with zero attached hydrogens (tertiary/aromatic N) is 5. The molecule has 12 heteroatoms. The molecule has 4 bridgehead atoms. The van der Waals surface area contributed by atoms with Crippen molar-refractivity contribution in [2.24, 2.45) is 21.7 Å². The number of dihydropyridines is 1. The van der Waals surface area contributed by atoms with E-state index in [-0.39, 0.29) is 11.8 Å². The number of aromatic nitrogens is 2. The second kappa shape index (κ2) is 13.7. The molecule has 3 aliphatic rings. The number of rotatable bonds is 7. The van der Waals surface area contributed by atoms with Crippen LogP contribution < -0.4 is 21.1 Å². The summed E-state index contributed by atoms with van der Waals surface area (Å²) in [7, 11) is 1.92. The topological polar surface area (TPSA) is 146 Å². The normalized spacial score (nSPS) is 21.2. The van der Waals surface area contributed by atoms with Crippen molar-refractivity contribution in [3.63, 3.8) is 0 Å². The van der Waals surface area contributed by atoms with Crippen LogP contribution in [0.4, 0.5) is 5.82 Å². The maximum atomic E-state index is 7.80. The van der Waals surface area contributed by atoms with Gasteiger partial charge in [-0.05, 0) is 30.8 Å². The minimum absolute atomic E-state index is 0.0662. The number of hydrazone groups is 1. The zero-order chi connectivity index (χ0) is 27.6. The molecule has 0 amide bonds. The highest BCUT2D eigenvalue weighted by Crippen LogP contribution is 2.28. The summed E-state index contributed by atoms with van der Waals surface area (Å²) in [6.45, 7) is 5.62. The lowest BCUT2D eigenvalue weighted by molar-refractivity contribution is 0.191. The van der Waals surface area contributed by atoms with Gasteiger partial charge in [-0.15, -0.1) is 0 Å². The molecule has 11 nitrogen and oxygen atoms in total. The van der Waals surface area contributed by atoms with E-state index in [2.05, 4.69) is 33.6 Å². The van der Waals surface area contributed by atoms with Crippen molar-refractivity contribution < 1.29 is 9.47 Å². The number of fused-ring (bicyclic) bond motifs is 7. The van der Waals surface area contributed by atoms with Gasteiger partial charge in [-0.1, -0.05) is 30.7 Å². The molecule has 0 saturated carbocycles. The van der Waals surface area contributed by atoms with Crippen LogP contribution >= 0.6 is 11.6 Å². The van der Waals surface area contributed by atoms with Gasteiger partial charge in [-0.3, -0.25) is 10.0 Å².